The summed E-state index contributed by atoms with van der Waals surface area (Å²) in [5.41, 5.74) is 3.10. The third-order valence-electron chi connectivity index (χ3n) is 3.90. The Morgan fingerprint density at radius 1 is 1.27 bits per heavy atom. The first-order valence-corrected chi connectivity index (χ1v) is 7.91. The summed E-state index contributed by atoms with van der Waals surface area (Å²) in [6.45, 7) is 10.3. The van der Waals surface area contributed by atoms with E-state index in [1.165, 1.54) is 0 Å². The van der Waals surface area contributed by atoms with Gasteiger partial charge in [-0.15, -0.1) is 0 Å². The van der Waals surface area contributed by atoms with Gasteiger partial charge in [-0.05, 0) is 45.6 Å². The van der Waals surface area contributed by atoms with Gasteiger partial charge < -0.3 is 5.32 Å². The minimum atomic E-state index is -0.0390. The van der Waals surface area contributed by atoms with E-state index in [1.807, 2.05) is 27.0 Å². The first kappa shape index (κ1) is 16.5. The number of aryl methyl sites for hydroxylation is 3. The molecule has 0 unspecified atom stereocenters. The van der Waals surface area contributed by atoms with Gasteiger partial charge in [0.2, 0.25) is 0 Å². The summed E-state index contributed by atoms with van der Waals surface area (Å²) in [5.74, 6) is 0.609. The zero-order chi connectivity index (χ0) is 16.4. The van der Waals surface area contributed by atoms with Crippen molar-refractivity contribution in [1.82, 2.24) is 20.1 Å². The number of nitrogens with one attached hydrogen (secondary N) is 1. The Balaban J connectivity index is 2.28. The van der Waals surface area contributed by atoms with Crippen molar-refractivity contribution < 1.29 is 4.79 Å². The third-order valence-corrected chi connectivity index (χ3v) is 3.90. The number of rotatable bonds is 5. The molecular formula is C17H26N4O. The van der Waals surface area contributed by atoms with Crippen LogP contribution in [0.1, 0.15) is 55.4 Å². The quantitative estimate of drug-likeness (QED) is 0.923. The highest BCUT2D eigenvalue weighted by Gasteiger charge is 2.18. The Labute approximate surface area is 132 Å². The molecule has 22 heavy (non-hydrogen) atoms. The molecule has 1 amide bonds. The Morgan fingerprint density at radius 2 is 1.95 bits per heavy atom. The standard InChI is InChI=1S/C17H26N4O/c1-10(2)7-8-11(3)19-17(22)14-9-12(4)18-16-15(14)13(5)20-21(16)6/h9-11H,7-8H2,1-6H3,(H,19,22)/t11-/m1/s1. The molecule has 2 aromatic heterocycles. The van der Waals surface area contributed by atoms with Gasteiger partial charge in [-0.3, -0.25) is 9.48 Å². The number of carbonyl (C=O) groups is 1. The topological polar surface area (TPSA) is 59.8 Å². The van der Waals surface area contributed by atoms with Gasteiger partial charge in [0.05, 0.1) is 16.6 Å². The lowest BCUT2D eigenvalue weighted by Gasteiger charge is -2.15. The fraction of sp³-hybridized carbons (Fsp3) is 0.588. The fourth-order valence-electron chi connectivity index (χ4n) is 2.71. The molecule has 0 saturated carbocycles. The highest BCUT2D eigenvalue weighted by atomic mass is 16.1. The summed E-state index contributed by atoms with van der Waals surface area (Å²) in [6.07, 6.45) is 2.10. The van der Waals surface area contributed by atoms with Crippen molar-refractivity contribution in [3.63, 3.8) is 0 Å². The molecule has 0 fully saturated rings. The van der Waals surface area contributed by atoms with Crippen LogP contribution in [0, 0.1) is 19.8 Å². The maximum absolute atomic E-state index is 12.7. The molecule has 0 saturated heterocycles. The van der Waals surface area contributed by atoms with Gasteiger partial charge in [-0.25, -0.2) is 4.98 Å². The van der Waals surface area contributed by atoms with Crippen molar-refractivity contribution in [3.05, 3.63) is 23.0 Å². The fourth-order valence-corrected chi connectivity index (χ4v) is 2.71. The van der Waals surface area contributed by atoms with Crippen LogP contribution in [0.25, 0.3) is 11.0 Å². The molecule has 0 bridgehead atoms. The molecule has 0 spiro atoms. The first-order valence-electron chi connectivity index (χ1n) is 7.91. The van der Waals surface area contributed by atoms with Gasteiger partial charge in [-0.1, -0.05) is 13.8 Å². The highest BCUT2D eigenvalue weighted by Crippen LogP contribution is 2.21. The molecule has 0 radical (unpaired) electrons. The van der Waals surface area contributed by atoms with Gasteiger partial charge >= 0.3 is 0 Å². The van der Waals surface area contributed by atoms with E-state index in [9.17, 15) is 4.79 Å². The zero-order valence-electron chi connectivity index (χ0n) is 14.4. The van der Waals surface area contributed by atoms with Crippen molar-refractivity contribution in [2.24, 2.45) is 13.0 Å². The second kappa shape index (κ2) is 6.46. The molecule has 2 rings (SSSR count). The van der Waals surface area contributed by atoms with E-state index in [-0.39, 0.29) is 11.9 Å². The third kappa shape index (κ3) is 3.46. The molecule has 120 valence electrons. The van der Waals surface area contributed by atoms with E-state index in [2.05, 4.69) is 36.2 Å². The predicted molar refractivity (Wildman–Crippen MR) is 89.0 cm³/mol. The van der Waals surface area contributed by atoms with Crippen LogP contribution in [-0.4, -0.2) is 26.7 Å². The number of hydrogen-bond donors (Lipinski definition) is 1. The van der Waals surface area contributed by atoms with Crippen LogP contribution in [0.5, 0.6) is 0 Å². The number of hydrogen-bond acceptors (Lipinski definition) is 3. The molecular weight excluding hydrogens is 276 g/mol. The van der Waals surface area contributed by atoms with Crippen molar-refractivity contribution in [1.29, 1.82) is 0 Å². The van der Waals surface area contributed by atoms with E-state index >= 15 is 0 Å². The second-order valence-corrected chi connectivity index (χ2v) is 6.56. The normalized spacial score (nSPS) is 12.9. The lowest BCUT2D eigenvalue weighted by Crippen LogP contribution is -2.33. The van der Waals surface area contributed by atoms with Crippen molar-refractivity contribution in [3.8, 4) is 0 Å². The molecule has 2 heterocycles. The zero-order valence-corrected chi connectivity index (χ0v) is 14.4. The highest BCUT2D eigenvalue weighted by molar-refractivity contribution is 6.06. The molecule has 0 aliphatic carbocycles. The number of pyridine rings is 1. The monoisotopic (exact) mass is 302 g/mol. The maximum Gasteiger partial charge on any atom is 0.252 e. The Morgan fingerprint density at radius 3 is 2.59 bits per heavy atom. The van der Waals surface area contributed by atoms with E-state index in [1.54, 1.807) is 4.68 Å². The summed E-state index contributed by atoms with van der Waals surface area (Å²) in [5, 5.41) is 8.34. The van der Waals surface area contributed by atoms with E-state index < -0.39 is 0 Å². The SMILES string of the molecule is Cc1cc(C(=O)N[C@H](C)CCC(C)C)c2c(C)nn(C)c2n1. The van der Waals surface area contributed by atoms with Gasteiger partial charge in [-0.2, -0.15) is 5.10 Å². The van der Waals surface area contributed by atoms with Crippen molar-refractivity contribution in [2.75, 3.05) is 0 Å². The lowest BCUT2D eigenvalue weighted by molar-refractivity contribution is 0.0938. The molecule has 0 aromatic carbocycles. The Hall–Kier alpha value is -1.91. The van der Waals surface area contributed by atoms with Crippen molar-refractivity contribution in [2.45, 2.75) is 53.5 Å². The number of aromatic nitrogens is 3. The van der Waals surface area contributed by atoms with Crippen LogP contribution in [0.4, 0.5) is 0 Å². The van der Waals surface area contributed by atoms with Crippen molar-refractivity contribution >= 4 is 16.9 Å². The van der Waals surface area contributed by atoms with Crippen LogP contribution >= 0.6 is 0 Å². The number of amides is 1. The minimum absolute atomic E-state index is 0.0390. The van der Waals surface area contributed by atoms with Crippen LogP contribution in [-0.2, 0) is 7.05 Å². The van der Waals surface area contributed by atoms with Crippen LogP contribution in [0.2, 0.25) is 0 Å². The Kier molecular flexibility index (Phi) is 4.84. The van der Waals surface area contributed by atoms with Gasteiger partial charge in [0.1, 0.15) is 0 Å². The van der Waals surface area contributed by atoms with E-state index in [4.69, 9.17) is 0 Å². The van der Waals surface area contributed by atoms with Crippen LogP contribution in [0.15, 0.2) is 6.07 Å². The summed E-state index contributed by atoms with van der Waals surface area (Å²) in [6, 6.07) is 2.01. The molecule has 0 aliphatic rings. The maximum atomic E-state index is 12.7. The molecule has 1 atom stereocenters. The summed E-state index contributed by atoms with van der Waals surface area (Å²) < 4.78 is 1.73. The number of carbonyl (C=O) groups excluding carboxylic acids is 1. The summed E-state index contributed by atoms with van der Waals surface area (Å²) >= 11 is 0. The van der Waals surface area contributed by atoms with Gasteiger partial charge in [0.25, 0.3) is 5.91 Å². The van der Waals surface area contributed by atoms with Crippen LogP contribution < -0.4 is 5.32 Å². The first-order chi connectivity index (χ1) is 10.3. The second-order valence-electron chi connectivity index (χ2n) is 6.56. The van der Waals surface area contributed by atoms with Gasteiger partial charge in [0.15, 0.2) is 5.65 Å². The Bertz CT molecular complexity index is 688. The van der Waals surface area contributed by atoms with Crippen LogP contribution in [0.3, 0.4) is 0 Å². The number of fused-ring (bicyclic) bond motifs is 1. The summed E-state index contributed by atoms with van der Waals surface area (Å²) in [4.78, 5) is 17.1. The molecule has 1 N–H and O–H groups in total. The summed E-state index contributed by atoms with van der Waals surface area (Å²) in [7, 11) is 1.86. The number of nitrogens with zero attached hydrogens (tertiary/aromatic N) is 3. The average Bonchev–Trinajstić information content (AvgIpc) is 2.70. The lowest BCUT2D eigenvalue weighted by atomic mass is 10.0. The van der Waals surface area contributed by atoms with Gasteiger partial charge in [0, 0.05) is 18.8 Å². The molecule has 5 heteroatoms. The molecule has 0 aliphatic heterocycles. The largest absolute Gasteiger partial charge is 0.350 e. The van der Waals surface area contributed by atoms with E-state index in [0.717, 1.165) is 35.3 Å². The minimum Gasteiger partial charge on any atom is -0.350 e. The molecule has 5 nitrogen and oxygen atoms in total. The smallest absolute Gasteiger partial charge is 0.252 e. The van der Waals surface area contributed by atoms with E-state index in [0.29, 0.717) is 11.5 Å². The average molecular weight is 302 g/mol. The predicted octanol–water partition coefficient (Wildman–Crippen LogP) is 3.14. The molecule has 2 aromatic rings.